The summed E-state index contributed by atoms with van der Waals surface area (Å²) < 4.78 is 5.12. The Kier molecular flexibility index (Phi) is 6.53. The molecule has 0 heterocycles. The standard InChI is InChI=1S/C16H21NO3/c1-4-9-17(10-11-20-3)15-7-5-14(12-13(15)2)6-8-16(18)19/h4-8,12H,1,9-11H2,2-3H3,(H,18,19)/b8-6+. The van der Waals surface area contributed by atoms with Crippen LogP contribution in [0.25, 0.3) is 6.08 Å². The number of hydrogen-bond acceptors (Lipinski definition) is 3. The Morgan fingerprint density at radius 3 is 2.80 bits per heavy atom. The van der Waals surface area contributed by atoms with Gasteiger partial charge in [-0.25, -0.2) is 4.79 Å². The molecule has 0 saturated carbocycles. The third-order valence-corrected chi connectivity index (χ3v) is 2.89. The Bertz CT molecular complexity index is 494. The van der Waals surface area contributed by atoms with Gasteiger partial charge in [-0.2, -0.15) is 0 Å². The van der Waals surface area contributed by atoms with Crippen LogP contribution in [0.1, 0.15) is 11.1 Å². The van der Waals surface area contributed by atoms with Crippen molar-refractivity contribution in [2.45, 2.75) is 6.92 Å². The molecule has 1 rings (SSSR count). The number of anilines is 1. The normalized spacial score (nSPS) is 10.7. The molecule has 1 N–H and O–H groups in total. The first-order chi connectivity index (χ1) is 9.58. The Labute approximate surface area is 120 Å². The molecule has 4 heteroatoms. The van der Waals surface area contributed by atoms with E-state index in [1.165, 1.54) is 0 Å². The van der Waals surface area contributed by atoms with Crippen LogP contribution in [0.4, 0.5) is 5.69 Å². The first-order valence-electron chi connectivity index (χ1n) is 6.45. The molecule has 0 bridgehead atoms. The zero-order chi connectivity index (χ0) is 15.0. The highest BCUT2D eigenvalue weighted by Crippen LogP contribution is 2.22. The quantitative estimate of drug-likeness (QED) is 0.585. The minimum atomic E-state index is -0.944. The topological polar surface area (TPSA) is 49.8 Å². The van der Waals surface area contributed by atoms with Crippen molar-refractivity contribution in [3.63, 3.8) is 0 Å². The van der Waals surface area contributed by atoms with E-state index in [0.29, 0.717) is 6.61 Å². The van der Waals surface area contributed by atoms with E-state index in [1.807, 2.05) is 31.2 Å². The number of carbonyl (C=O) groups is 1. The monoisotopic (exact) mass is 275 g/mol. The summed E-state index contributed by atoms with van der Waals surface area (Å²) in [7, 11) is 1.68. The van der Waals surface area contributed by atoms with Crippen molar-refractivity contribution in [3.05, 3.63) is 48.1 Å². The molecule has 0 aliphatic heterocycles. The van der Waals surface area contributed by atoms with E-state index in [2.05, 4.69) is 11.5 Å². The maximum atomic E-state index is 10.5. The van der Waals surface area contributed by atoms with Crippen LogP contribution in [0.5, 0.6) is 0 Å². The summed E-state index contributed by atoms with van der Waals surface area (Å²) in [5.74, 6) is -0.944. The van der Waals surface area contributed by atoms with Crippen LogP contribution in [0.15, 0.2) is 36.9 Å². The van der Waals surface area contributed by atoms with Crippen molar-refractivity contribution in [1.29, 1.82) is 0 Å². The summed E-state index contributed by atoms with van der Waals surface area (Å²) in [6.45, 7) is 7.96. The highest BCUT2D eigenvalue weighted by Gasteiger charge is 2.07. The van der Waals surface area contributed by atoms with Crippen LogP contribution >= 0.6 is 0 Å². The maximum absolute atomic E-state index is 10.5. The number of hydrogen-bond donors (Lipinski definition) is 1. The maximum Gasteiger partial charge on any atom is 0.328 e. The molecule has 0 aliphatic carbocycles. The van der Waals surface area contributed by atoms with Gasteiger partial charge in [-0.1, -0.05) is 12.1 Å². The van der Waals surface area contributed by atoms with Gasteiger partial charge < -0.3 is 14.7 Å². The predicted octanol–water partition coefficient (Wildman–Crippen LogP) is 2.73. The van der Waals surface area contributed by atoms with E-state index in [1.54, 1.807) is 13.2 Å². The SMILES string of the molecule is C=CCN(CCOC)c1ccc(/C=C/C(=O)O)cc1C. The van der Waals surface area contributed by atoms with E-state index in [0.717, 1.165) is 36.0 Å². The summed E-state index contributed by atoms with van der Waals surface area (Å²) >= 11 is 0. The first-order valence-corrected chi connectivity index (χ1v) is 6.45. The van der Waals surface area contributed by atoms with Crippen LogP contribution in [-0.2, 0) is 9.53 Å². The van der Waals surface area contributed by atoms with E-state index < -0.39 is 5.97 Å². The molecule has 0 amide bonds. The smallest absolute Gasteiger partial charge is 0.328 e. The van der Waals surface area contributed by atoms with Gasteiger partial charge in [-0.15, -0.1) is 6.58 Å². The molecule has 20 heavy (non-hydrogen) atoms. The molecule has 0 unspecified atom stereocenters. The highest BCUT2D eigenvalue weighted by molar-refractivity contribution is 5.85. The minimum Gasteiger partial charge on any atom is -0.478 e. The van der Waals surface area contributed by atoms with Crippen LogP contribution < -0.4 is 4.90 Å². The van der Waals surface area contributed by atoms with Crippen LogP contribution in [0.3, 0.4) is 0 Å². The zero-order valence-corrected chi connectivity index (χ0v) is 12.0. The van der Waals surface area contributed by atoms with Gasteiger partial charge in [0.05, 0.1) is 6.61 Å². The number of carboxylic acid groups (broad SMARTS) is 1. The molecule has 1 aromatic carbocycles. The molecular weight excluding hydrogens is 254 g/mol. The fourth-order valence-electron chi connectivity index (χ4n) is 1.97. The second kappa shape index (κ2) is 8.17. The number of benzene rings is 1. The summed E-state index contributed by atoms with van der Waals surface area (Å²) in [4.78, 5) is 12.7. The summed E-state index contributed by atoms with van der Waals surface area (Å²) in [6.07, 6.45) is 4.58. The van der Waals surface area contributed by atoms with Gasteiger partial charge in [0.1, 0.15) is 0 Å². The van der Waals surface area contributed by atoms with Crippen molar-refractivity contribution in [2.24, 2.45) is 0 Å². The number of aryl methyl sites for hydroxylation is 1. The van der Waals surface area contributed by atoms with Crippen molar-refractivity contribution in [1.82, 2.24) is 0 Å². The fraction of sp³-hybridized carbons (Fsp3) is 0.312. The summed E-state index contributed by atoms with van der Waals surface area (Å²) in [5.41, 5.74) is 3.07. The Balaban J connectivity index is 2.93. The van der Waals surface area contributed by atoms with Crippen molar-refractivity contribution >= 4 is 17.7 Å². The number of nitrogens with zero attached hydrogens (tertiary/aromatic N) is 1. The number of carboxylic acids is 1. The van der Waals surface area contributed by atoms with Gasteiger partial charge in [0, 0.05) is 32.0 Å². The second-order valence-electron chi connectivity index (χ2n) is 4.44. The van der Waals surface area contributed by atoms with Gasteiger partial charge in [-0.05, 0) is 36.3 Å². The van der Waals surface area contributed by atoms with Crippen molar-refractivity contribution in [3.8, 4) is 0 Å². The highest BCUT2D eigenvalue weighted by atomic mass is 16.5. The lowest BCUT2D eigenvalue weighted by molar-refractivity contribution is -0.131. The van der Waals surface area contributed by atoms with Gasteiger partial charge in [-0.3, -0.25) is 0 Å². The number of aliphatic carboxylic acids is 1. The Morgan fingerprint density at radius 2 is 2.25 bits per heavy atom. The Hall–Kier alpha value is -2.07. The molecule has 0 saturated heterocycles. The Morgan fingerprint density at radius 1 is 1.50 bits per heavy atom. The first kappa shape index (κ1) is 16.0. The lowest BCUT2D eigenvalue weighted by Gasteiger charge is -2.25. The van der Waals surface area contributed by atoms with Crippen LogP contribution in [-0.4, -0.2) is 37.9 Å². The average Bonchev–Trinajstić information content (AvgIpc) is 2.41. The molecule has 0 aliphatic rings. The van der Waals surface area contributed by atoms with Crippen molar-refractivity contribution in [2.75, 3.05) is 31.7 Å². The summed E-state index contributed by atoms with van der Waals surface area (Å²) in [6, 6.07) is 5.87. The van der Waals surface area contributed by atoms with Gasteiger partial charge in [0.15, 0.2) is 0 Å². The molecular formula is C16H21NO3. The molecule has 108 valence electrons. The second-order valence-corrected chi connectivity index (χ2v) is 4.44. The molecule has 1 aromatic rings. The van der Waals surface area contributed by atoms with E-state index in [-0.39, 0.29) is 0 Å². The third-order valence-electron chi connectivity index (χ3n) is 2.89. The number of methoxy groups -OCH3 is 1. The molecule has 0 spiro atoms. The molecule has 0 aromatic heterocycles. The van der Waals surface area contributed by atoms with Gasteiger partial charge in [0.2, 0.25) is 0 Å². The van der Waals surface area contributed by atoms with E-state index >= 15 is 0 Å². The number of ether oxygens (including phenoxy) is 1. The van der Waals surface area contributed by atoms with Crippen LogP contribution in [0, 0.1) is 6.92 Å². The fourth-order valence-corrected chi connectivity index (χ4v) is 1.97. The molecule has 0 fully saturated rings. The van der Waals surface area contributed by atoms with Gasteiger partial charge >= 0.3 is 5.97 Å². The zero-order valence-electron chi connectivity index (χ0n) is 12.0. The predicted molar refractivity (Wildman–Crippen MR) is 82.1 cm³/mol. The largest absolute Gasteiger partial charge is 0.478 e. The van der Waals surface area contributed by atoms with Crippen LogP contribution in [0.2, 0.25) is 0 Å². The summed E-state index contributed by atoms with van der Waals surface area (Å²) in [5, 5.41) is 8.63. The lowest BCUT2D eigenvalue weighted by Crippen LogP contribution is -2.27. The van der Waals surface area contributed by atoms with E-state index in [4.69, 9.17) is 9.84 Å². The number of rotatable bonds is 8. The third kappa shape index (κ3) is 4.90. The minimum absolute atomic E-state index is 0.647. The lowest BCUT2D eigenvalue weighted by atomic mass is 10.1. The molecule has 4 nitrogen and oxygen atoms in total. The van der Waals surface area contributed by atoms with E-state index in [9.17, 15) is 4.79 Å². The molecule has 0 radical (unpaired) electrons. The average molecular weight is 275 g/mol. The van der Waals surface area contributed by atoms with Gasteiger partial charge in [0.25, 0.3) is 0 Å². The molecule has 0 atom stereocenters. The van der Waals surface area contributed by atoms with Crippen molar-refractivity contribution < 1.29 is 14.6 Å².